The van der Waals surface area contributed by atoms with Gasteiger partial charge in [-0.05, 0) is 31.0 Å². The fourth-order valence-electron chi connectivity index (χ4n) is 2.68. The van der Waals surface area contributed by atoms with Crippen molar-refractivity contribution in [2.45, 2.75) is 20.4 Å². The van der Waals surface area contributed by atoms with Crippen molar-refractivity contribution in [3.8, 4) is 0 Å². The van der Waals surface area contributed by atoms with E-state index in [0.717, 1.165) is 49.6 Å². The van der Waals surface area contributed by atoms with Crippen LogP contribution in [0.1, 0.15) is 17.0 Å². The van der Waals surface area contributed by atoms with Crippen LogP contribution in [0.25, 0.3) is 11.0 Å². The lowest BCUT2D eigenvalue weighted by atomic mass is 10.1. The van der Waals surface area contributed by atoms with Gasteiger partial charge in [-0.3, -0.25) is 4.90 Å². The number of aromatic amines is 1. The van der Waals surface area contributed by atoms with Crippen LogP contribution in [0.3, 0.4) is 0 Å². The first-order valence-corrected chi connectivity index (χ1v) is 6.61. The van der Waals surface area contributed by atoms with E-state index in [1.165, 1.54) is 11.1 Å². The molecule has 96 valence electrons. The Kier molecular flexibility index (Phi) is 3.06. The molecule has 0 unspecified atom stereocenters. The van der Waals surface area contributed by atoms with Gasteiger partial charge >= 0.3 is 0 Å². The first kappa shape index (κ1) is 11.7. The molecule has 4 nitrogen and oxygen atoms in total. The Bertz CT molecular complexity index is 552. The van der Waals surface area contributed by atoms with Gasteiger partial charge in [-0.25, -0.2) is 4.98 Å². The SMILES string of the molecule is Cc1cc(C)c2nc(CN3CCNCC3)[nH]c2c1. The molecule has 1 fully saturated rings. The fourth-order valence-corrected chi connectivity index (χ4v) is 2.68. The molecule has 1 aliphatic heterocycles. The number of fused-ring (bicyclic) bond motifs is 1. The number of aryl methyl sites for hydroxylation is 2. The first-order valence-electron chi connectivity index (χ1n) is 6.61. The molecule has 0 atom stereocenters. The van der Waals surface area contributed by atoms with Crippen LogP contribution in [0.15, 0.2) is 12.1 Å². The van der Waals surface area contributed by atoms with Gasteiger partial charge in [0.15, 0.2) is 0 Å². The molecular formula is C14H20N4. The second-order valence-electron chi connectivity index (χ2n) is 5.19. The highest BCUT2D eigenvalue weighted by atomic mass is 15.2. The number of H-pyrrole nitrogens is 1. The van der Waals surface area contributed by atoms with Gasteiger partial charge in [-0.2, -0.15) is 0 Å². The summed E-state index contributed by atoms with van der Waals surface area (Å²) in [5, 5.41) is 3.37. The summed E-state index contributed by atoms with van der Waals surface area (Å²) in [6.07, 6.45) is 0. The second kappa shape index (κ2) is 4.71. The predicted octanol–water partition coefficient (Wildman–Crippen LogP) is 1.58. The summed E-state index contributed by atoms with van der Waals surface area (Å²) in [6.45, 7) is 9.56. The normalized spacial score (nSPS) is 17.4. The minimum absolute atomic E-state index is 0.925. The van der Waals surface area contributed by atoms with Crippen LogP contribution in [-0.4, -0.2) is 41.0 Å². The number of rotatable bonds is 2. The van der Waals surface area contributed by atoms with E-state index < -0.39 is 0 Å². The van der Waals surface area contributed by atoms with Gasteiger partial charge in [-0.1, -0.05) is 6.07 Å². The van der Waals surface area contributed by atoms with E-state index in [0.29, 0.717) is 0 Å². The van der Waals surface area contributed by atoms with E-state index in [1.807, 2.05) is 0 Å². The number of piperazine rings is 1. The van der Waals surface area contributed by atoms with Gasteiger partial charge in [0.2, 0.25) is 0 Å². The van der Waals surface area contributed by atoms with Gasteiger partial charge in [-0.15, -0.1) is 0 Å². The average molecular weight is 244 g/mol. The number of benzene rings is 1. The van der Waals surface area contributed by atoms with Crippen LogP contribution in [0.2, 0.25) is 0 Å². The molecule has 0 bridgehead atoms. The number of hydrogen-bond acceptors (Lipinski definition) is 3. The lowest BCUT2D eigenvalue weighted by Gasteiger charge is -2.26. The minimum atomic E-state index is 0.925. The molecule has 0 saturated carbocycles. The molecule has 3 rings (SSSR count). The first-order chi connectivity index (χ1) is 8.72. The summed E-state index contributed by atoms with van der Waals surface area (Å²) in [5.41, 5.74) is 4.83. The monoisotopic (exact) mass is 244 g/mol. The van der Waals surface area contributed by atoms with Crippen molar-refractivity contribution in [2.75, 3.05) is 26.2 Å². The van der Waals surface area contributed by atoms with Gasteiger partial charge in [0.05, 0.1) is 17.6 Å². The average Bonchev–Trinajstić information content (AvgIpc) is 2.73. The Morgan fingerprint density at radius 3 is 2.78 bits per heavy atom. The molecule has 2 aromatic rings. The highest BCUT2D eigenvalue weighted by Gasteiger charge is 2.13. The van der Waals surface area contributed by atoms with Gasteiger partial charge in [0, 0.05) is 26.2 Å². The van der Waals surface area contributed by atoms with E-state index in [9.17, 15) is 0 Å². The number of hydrogen-bond donors (Lipinski definition) is 2. The lowest BCUT2D eigenvalue weighted by molar-refractivity contribution is 0.229. The number of nitrogens with zero attached hydrogens (tertiary/aromatic N) is 2. The highest BCUT2D eigenvalue weighted by Crippen LogP contribution is 2.18. The van der Waals surface area contributed by atoms with Crippen molar-refractivity contribution >= 4 is 11.0 Å². The molecule has 2 N–H and O–H groups in total. The quantitative estimate of drug-likeness (QED) is 0.843. The van der Waals surface area contributed by atoms with E-state index in [-0.39, 0.29) is 0 Å². The Hall–Kier alpha value is -1.39. The van der Waals surface area contributed by atoms with E-state index >= 15 is 0 Å². The van der Waals surface area contributed by atoms with Crippen LogP contribution >= 0.6 is 0 Å². The number of aromatic nitrogens is 2. The molecule has 0 radical (unpaired) electrons. The lowest BCUT2D eigenvalue weighted by Crippen LogP contribution is -2.43. The maximum Gasteiger partial charge on any atom is 0.121 e. The Labute approximate surface area is 107 Å². The molecular weight excluding hydrogens is 224 g/mol. The summed E-state index contributed by atoms with van der Waals surface area (Å²) in [4.78, 5) is 10.6. The van der Waals surface area contributed by atoms with Crippen molar-refractivity contribution in [1.82, 2.24) is 20.2 Å². The van der Waals surface area contributed by atoms with E-state index in [2.05, 4.69) is 41.2 Å². The molecule has 0 amide bonds. The second-order valence-corrected chi connectivity index (χ2v) is 5.19. The third kappa shape index (κ3) is 2.26. The molecule has 1 aromatic heterocycles. The van der Waals surface area contributed by atoms with E-state index in [4.69, 9.17) is 4.98 Å². The van der Waals surface area contributed by atoms with Crippen molar-refractivity contribution < 1.29 is 0 Å². The fraction of sp³-hybridized carbons (Fsp3) is 0.500. The summed E-state index contributed by atoms with van der Waals surface area (Å²) in [7, 11) is 0. The molecule has 1 aromatic carbocycles. The highest BCUT2D eigenvalue weighted by molar-refractivity contribution is 5.79. The number of nitrogens with one attached hydrogen (secondary N) is 2. The maximum absolute atomic E-state index is 4.73. The molecule has 0 aliphatic carbocycles. The standard InChI is InChI=1S/C14H20N4/c1-10-7-11(2)14-12(8-10)16-13(17-14)9-18-5-3-15-4-6-18/h7-8,15H,3-6,9H2,1-2H3,(H,16,17). The van der Waals surface area contributed by atoms with Crippen LogP contribution in [0, 0.1) is 13.8 Å². The molecule has 1 saturated heterocycles. The largest absolute Gasteiger partial charge is 0.341 e. The van der Waals surface area contributed by atoms with Gasteiger partial charge < -0.3 is 10.3 Å². The molecule has 18 heavy (non-hydrogen) atoms. The van der Waals surface area contributed by atoms with Crippen molar-refractivity contribution in [3.63, 3.8) is 0 Å². The number of imidazole rings is 1. The van der Waals surface area contributed by atoms with Crippen LogP contribution in [0.4, 0.5) is 0 Å². The Morgan fingerprint density at radius 1 is 1.22 bits per heavy atom. The zero-order chi connectivity index (χ0) is 12.5. The maximum atomic E-state index is 4.73. The molecule has 0 spiro atoms. The summed E-state index contributed by atoms with van der Waals surface area (Å²) in [6, 6.07) is 4.37. The van der Waals surface area contributed by atoms with Crippen molar-refractivity contribution in [2.24, 2.45) is 0 Å². The van der Waals surface area contributed by atoms with Crippen LogP contribution < -0.4 is 5.32 Å². The van der Waals surface area contributed by atoms with Crippen molar-refractivity contribution in [3.05, 3.63) is 29.1 Å². The van der Waals surface area contributed by atoms with Crippen molar-refractivity contribution in [1.29, 1.82) is 0 Å². The summed E-state index contributed by atoms with van der Waals surface area (Å²) in [5.74, 6) is 1.08. The van der Waals surface area contributed by atoms with Gasteiger partial charge in [0.1, 0.15) is 5.82 Å². The minimum Gasteiger partial charge on any atom is -0.341 e. The third-order valence-corrected chi connectivity index (χ3v) is 3.55. The van der Waals surface area contributed by atoms with Crippen LogP contribution in [-0.2, 0) is 6.54 Å². The topological polar surface area (TPSA) is 44.0 Å². The third-order valence-electron chi connectivity index (χ3n) is 3.55. The Morgan fingerprint density at radius 2 is 2.00 bits per heavy atom. The predicted molar refractivity (Wildman–Crippen MR) is 73.7 cm³/mol. The zero-order valence-electron chi connectivity index (χ0n) is 11.1. The smallest absolute Gasteiger partial charge is 0.121 e. The molecule has 2 heterocycles. The summed E-state index contributed by atoms with van der Waals surface area (Å²) < 4.78 is 0. The van der Waals surface area contributed by atoms with E-state index in [1.54, 1.807) is 0 Å². The zero-order valence-corrected chi connectivity index (χ0v) is 11.1. The van der Waals surface area contributed by atoms with Crippen LogP contribution in [0.5, 0.6) is 0 Å². The van der Waals surface area contributed by atoms with Gasteiger partial charge in [0.25, 0.3) is 0 Å². The Balaban J connectivity index is 1.86. The summed E-state index contributed by atoms with van der Waals surface area (Å²) >= 11 is 0. The molecule has 1 aliphatic rings. The molecule has 4 heteroatoms.